The van der Waals surface area contributed by atoms with Gasteiger partial charge in [-0.2, -0.15) is 0 Å². The van der Waals surface area contributed by atoms with Gasteiger partial charge in [0.15, 0.2) is 11.6 Å². The second-order valence-electron chi connectivity index (χ2n) is 16.5. The normalized spacial score (nSPS) is 45.3. The van der Waals surface area contributed by atoms with Crippen molar-refractivity contribution in [2.24, 2.45) is 50.2 Å². The number of allylic oxidation sites excluding steroid dienone is 3. The Balaban J connectivity index is 1.47. The maximum absolute atomic E-state index is 14.6. The predicted octanol–water partition coefficient (Wildman–Crippen LogP) is 8.45. The fourth-order valence-corrected chi connectivity index (χ4v) is 11.2. The van der Waals surface area contributed by atoms with Gasteiger partial charge in [-0.15, -0.1) is 0 Å². The minimum Gasteiger partial charge on any atom is -0.481 e. The van der Waals surface area contributed by atoms with E-state index in [0.29, 0.717) is 30.4 Å². The Bertz CT molecular complexity index is 1450. The average molecular weight is 575 g/mol. The number of hydrogen-bond donors (Lipinski definition) is 1. The number of hydrogen-bond acceptors (Lipinski definition) is 3. The molecule has 0 amide bonds. The molecule has 0 bridgehead atoms. The largest absolute Gasteiger partial charge is 0.481 e. The van der Waals surface area contributed by atoms with Crippen LogP contribution in [-0.4, -0.2) is 22.6 Å². The number of carbonyl (C=O) groups excluding carboxylic acids is 2. The van der Waals surface area contributed by atoms with Gasteiger partial charge in [-0.3, -0.25) is 14.4 Å². The standard InChI is InChI=1S/C37H47FO4/c1-32(2)28-11-12-37(7)29(35(28,5)20-23(30(32)40)17-22-9-8-10-24(38)18-22)27(39)19-25-26-21-34(4,31(41)42)14-13-33(26,3)15-16-36(25,37)6/h8-10,17-19,26,28-29H,11-16,20-21H2,1-7H3,(H,41,42)/b23-17+/t26-,28-,29+,33+,34-,35-,36+,37+/m0/s1. The highest BCUT2D eigenvalue weighted by Crippen LogP contribution is 2.75. The van der Waals surface area contributed by atoms with Crippen molar-refractivity contribution in [3.8, 4) is 0 Å². The summed E-state index contributed by atoms with van der Waals surface area (Å²) in [5.74, 6) is -0.928. The molecule has 0 spiro atoms. The number of rotatable bonds is 2. The van der Waals surface area contributed by atoms with Gasteiger partial charge in [-0.25, -0.2) is 4.39 Å². The van der Waals surface area contributed by atoms with E-state index in [0.717, 1.165) is 32.1 Å². The van der Waals surface area contributed by atoms with Gasteiger partial charge in [0.05, 0.1) is 5.41 Å². The van der Waals surface area contributed by atoms with Crippen LogP contribution in [0, 0.1) is 56.1 Å². The predicted molar refractivity (Wildman–Crippen MR) is 162 cm³/mol. The number of ketones is 2. The third-order valence-corrected chi connectivity index (χ3v) is 13.9. The van der Waals surface area contributed by atoms with Crippen LogP contribution >= 0.6 is 0 Å². The van der Waals surface area contributed by atoms with E-state index in [1.807, 2.05) is 39.0 Å². The lowest BCUT2D eigenvalue weighted by Crippen LogP contribution is -2.66. The molecule has 0 saturated heterocycles. The van der Waals surface area contributed by atoms with Crippen LogP contribution in [0.2, 0.25) is 0 Å². The van der Waals surface area contributed by atoms with E-state index in [1.165, 1.54) is 17.7 Å². The molecule has 4 nitrogen and oxygen atoms in total. The molecule has 0 radical (unpaired) electrons. The van der Waals surface area contributed by atoms with Crippen molar-refractivity contribution in [2.75, 3.05) is 0 Å². The molecule has 8 atom stereocenters. The fraction of sp³-hybridized carbons (Fsp3) is 0.649. The molecular weight excluding hydrogens is 527 g/mol. The van der Waals surface area contributed by atoms with Gasteiger partial charge in [0.1, 0.15) is 5.82 Å². The minimum absolute atomic E-state index is 0.00496. The first-order chi connectivity index (χ1) is 19.4. The zero-order chi connectivity index (χ0) is 30.7. The second kappa shape index (κ2) is 8.99. The van der Waals surface area contributed by atoms with E-state index >= 15 is 0 Å². The van der Waals surface area contributed by atoms with E-state index in [2.05, 4.69) is 27.7 Å². The van der Waals surface area contributed by atoms with Crippen LogP contribution in [0.25, 0.3) is 6.08 Å². The van der Waals surface area contributed by atoms with Crippen LogP contribution in [0.3, 0.4) is 0 Å². The maximum Gasteiger partial charge on any atom is 0.309 e. The Hall–Kier alpha value is -2.56. The molecule has 0 aliphatic heterocycles. The number of halogens is 1. The maximum atomic E-state index is 14.6. The van der Waals surface area contributed by atoms with Crippen LogP contribution in [0.4, 0.5) is 4.39 Å². The van der Waals surface area contributed by atoms with Gasteiger partial charge >= 0.3 is 5.97 Å². The second-order valence-corrected chi connectivity index (χ2v) is 16.5. The number of carboxylic acids is 1. The summed E-state index contributed by atoms with van der Waals surface area (Å²) in [5, 5.41) is 10.2. The number of carboxylic acid groups (broad SMARTS) is 1. The summed E-state index contributed by atoms with van der Waals surface area (Å²) < 4.78 is 14.1. The van der Waals surface area contributed by atoms with E-state index in [1.54, 1.807) is 6.07 Å². The third-order valence-electron chi connectivity index (χ3n) is 13.9. The van der Waals surface area contributed by atoms with Crippen molar-refractivity contribution in [2.45, 2.75) is 99.8 Å². The number of aliphatic carboxylic acids is 1. The monoisotopic (exact) mass is 574 g/mol. The van der Waals surface area contributed by atoms with Gasteiger partial charge in [0.2, 0.25) is 0 Å². The lowest BCUT2D eigenvalue weighted by atomic mass is 9.33. The molecule has 42 heavy (non-hydrogen) atoms. The Morgan fingerprint density at radius 2 is 1.67 bits per heavy atom. The Kier molecular flexibility index (Phi) is 6.31. The smallest absolute Gasteiger partial charge is 0.309 e. The molecule has 0 unspecified atom stereocenters. The van der Waals surface area contributed by atoms with Crippen LogP contribution in [0.1, 0.15) is 105 Å². The van der Waals surface area contributed by atoms with Gasteiger partial charge in [0.25, 0.3) is 0 Å². The van der Waals surface area contributed by atoms with Crippen molar-refractivity contribution in [1.29, 1.82) is 0 Å². The fourth-order valence-electron chi connectivity index (χ4n) is 11.2. The first-order valence-electron chi connectivity index (χ1n) is 15.9. The van der Waals surface area contributed by atoms with Crippen molar-refractivity contribution in [3.63, 3.8) is 0 Å². The van der Waals surface area contributed by atoms with Crippen molar-refractivity contribution in [1.82, 2.24) is 0 Å². The van der Waals surface area contributed by atoms with Gasteiger partial charge in [-0.05, 0) is 127 Å². The van der Waals surface area contributed by atoms with Gasteiger partial charge in [-0.1, -0.05) is 59.2 Å². The van der Waals surface area contributed by atoms with Crippen molar-refractivity contribution >= 4 is 23.6 Å². The van der Waals surface area contributed by atoms with E-state index in [4.69, 9.17) is 0 Å². The summed E-state index contributed by atoms with van der Waals surface area (Å²) in [4.78, 5) is 40.9. The molecule has 5 aliphatic carbocycles. The molecule has 226 valence electrons. The number of benzene rings is 1. The molecule has 0 heterocycles. The lowest BCUT2D eigenvalue weighted by Gasteiger charge is -2.70. The van der Waals surface area contributed by atoms with E-state index < -0.39 is 22.2 Å². The average Bonchev–Trinajstić information content (AvgIpc) is 2.89. The van der Waals surface area contributed by atoms with E-state index in [9.17, 15) is 23.9 Å². The molecule has 5 heteroatoms. The molecule has 0 aromatic heterocycles. The Morgan fingerprint density at radius 3 is 2.33 bits per heavy atom. The van der Waals surface area contributed by atoms with Crippen LogP contribution < -0.4 is 0 Å². The van der Waals surface area contributed by atoms with Crippen LogP contribution in [-0.2, 0) is 14.4 Å². The summed E-state index contributed by atoms with van der Waals surface area (Å²) in [5.41, 5.74) is 0.160. The summed E-state index contributed by atoms with van der Waals surface area (Å²) >= 11 is 0. The molecule has 1 aromatic carbocycles. The molecule has 6 rings (SSSR count). The zero-order valence-corrected chi connectivity index (χ0v) is 26.4. The molecule has 5 aliphatic rings. The molecule has 4 fully saturated rings. The summed E-state index contributed by atoms with van der Waals surface area (Å²) in [6.07, 6.45) is 10.2. The quantitative estimate of drug-likeness (QED) is 0.360. The molecule has 1 aromatic rings. The summed E-state index contributed by atoms with van der Waals surface area (Å²) in [7, 11) is 0. The lowest BCUT2D eigenvalue weighted by molar-refractivity contribution is -0.183. The number of fused-ring (bicyclic) bond motifs is 7. The SMILES string of the molecule is CC1(C)C(=O)/C(=C/c2cccc(F)c2)C[C@]2(C)[C@H]3C(=O)C=C4[C@@H]5C[C@@](C)(C(=O)O)CC[C@]5(C)CC[C@@]4(C)[C@]3(C)CC[C@@H]12. The van der Waals surface area contributed by atoms with Crippen LogP contribution in [0.5, 0.6) is 0 Å². The highest BCUT2D eigenvalue weighted by molar-refractivity contribution is 6.05. The minimum atomic E-state index is -0.780. The highest BCUT2D eigenvalue weighted by Gasteiger charge is 2.70. The van der Waals surface area contributed by atoms with Crippen LogP contribution in [0.15, 0.2) is 41.5 Å². The summed E-state index contributed by atoms with van der Waals surface area (Å²) in [6.45, 7) is 15.2. The highest BCUT2D eigenvalue weighted by atomic mass is 19.1. The molecule has 1 N–H and O–H groups in total. The van der Waals surface area contributed by atoms with Gasteiger partial charge in [0, 0.05) is 11.3 Å². The number of carbonyl (C=O) groups is 3. The van der Waals surface area contributed by atoms with Crippen molar-refractivity contribution < 1.29 is 23.9 Å². The topological polar surface area (TPSA) is 71.4 Å². The zero-order valence-electron chi connectivity index (χ0n) is 26.4. The third kappa shape index (κ3) is 3.80. The molecule has 4 saturated carbocycles. The summed E-state index contributed by atoms with van der Waals surface area (Å²) in [6, 6.07) is 6.36. The molecular formula is C37H47FO4. The van der Waals surface area contributed by atoms with Crippen molar-refractivity contribution in [3.05, 3.63) is 52.9 Å². The van der Waals surface area contributed by atoms with E-state index in [-0.39, 0.29) is 51.4 Å². The number of Topliss-reactive ketones (excluding diaryl/α,β-unsaturated/α-hetero) is 1. The Morgan fingerprint density at radius 1 is 0.976 bits per heavy atom. The van der Waals surface area contributed by atoms with Gasteiger partial charge < -0.3 is 5.11 Å². The first kappa shape index (κ1) is 29.5. The first-order valence-corrected chi connectivity index (χ1v) is 15.9. The Labute approximate surface area is 250 Å².